The van der Waals surface area contributed by atoms with Crippen molar-refractivity contribution in [3.63, 3.8) is 0 Å². The van der Waals surface area contributed by atoms with Crippen LogP contribution in [-0.2, 0) is 14.3 Å². The van der Waals surface area contributed by atoms with Gasteiger partial charge in [0.05, 0.1) is 0 Å². The average molecular weight is 492 g/mol. The minimum absolute atomic E-state index is 0.0242. The van der Waals surface area contributed by atoms with Crippen LogP contribution in [0.15, 0.2) is 48.5 Å². The van der Waals surface area contributed by atoms with Crippen molar-refractivity contribution in [2.75, 3.05) is 6.61 Å². The van der Waals surface area contributed by atoms with E-state index in [1.807, 2.05) is 48.5 Å². The largest absolute Gasteiger partial charge is 0.479 e. The number of halogens is 3. The molecule has 35 heavy (non-hydrogen) atoms. The number of carbonyl (C=O) groups is 3. The normalized spacial score (nSPS) is 15.5. The topological polar surface area (TPSA) is 105 Å². The molecule has 0 saturated carbocycles. The number of carboxylic acid groups (broad SMARTS) is 1. The lowest BCUT2D eigenvalue weighted by molar-refractivity contribution is -0.207. The van der Waals surface area contributed by atoms with Gasteiger partial charge in [0.1, 0.15) is 12.6 Å². The molecule has 0 saturated heterocycles. The van der Waals surface area contributed by atoms with Gasteiger partial charge in [-0.1, -0.05) is 62.4 Å². The smallest absolute Gasteiger partial charge is 0.422 e. The standard InChI is InChI=1S/C25H27F3N2O5/c1-14(2)12-20(21(31)30-24(3,22(32)33)25(26,27)28)29-23(34)35-13-19-17-10-6-4-8-15(17)16-9-5-7-11-18(16)19/h4-11,14,19-20H,12-13H2,1-3H3,(H,29,34)(H,30,31)(H,32,33)/t20-,24?/m1/s1. The van der Waals surface area contributed by atoms with Crippen molar-refractivity contribution >= 4 is 18.0 Å². The molecular formula is C25H27F3N2O5. The van der Waals surface area contributed by atoms with Crippen molar-refractivity contribution in [1.82, 2.24) is 10.6 Å². The molecule has 3 rings (SSSR count). The maximum absolute atomic E-state index is 13.3. The third-order valence-electron chi connectivity index (χ3n) is 6.03. The molecule has 2 atom stereocenters. The Morgan fingerprint density at radius 3 is 1.97 bits per heavy atom. The minimum atomic E-state index is -5.25. The number of fused-ring (bicyclic) bond motifs is 3. The van der Waals surface area contributed by atoms with Gasteiger partial charge in [0.15, 0.2) is 0 Å². The summed E-state index contributed by atoms with van der Waals surface area (Å²) in [5.74, 6) is -3.97. The summed E-state index contributed by atoms with van der Waals surface area (Å²) in [7, 11) is 0. The number of carboxylic acids is 1. The predicted molar refractivity (Wildman–Crippen MR) is 122 cm³/mol. The molecule has 0 radical (unpaired) electrons. The Balaban J connectivity index is 1.72. The van der Waals surface area contributed by atoms with Crippen LogP contribution in [0.5, 0.6) is 0 Å². The molecule has 2 aromatic carbocycles. The first kappa shape index (κ1) is 26.1. The van der Waals surface area contributed by atoms with E-state index in [1.54, 1.807) is 13.8 Å². The van der Waals surface area contributed by atoms with E-state index in [-0.39, 0.29) is 24.9 Å². The van der Waals surface area contributed by atoms with Gasteiger partial charge < -0.3 is 20.5 Å². The maximum Gasteiger partial charge on any atom is 0.422 e. The van der Waals surface area contributed by atoms with E-state index in [0.29, 0.717) is 6.92 Å². The number of ether oxygens (including phenoxy) is 1. The lowest BCUT2D eigenvalue weighted by Gasteiger charge is -2.31. The van der Waals surface area contributed by atoms with E-state index < -0.39 is 35.7 Å². The van der Waals surface area contributed by atoms with Crippen molar-refractivity contribution in [3.8, 4) is 11.1 Å². The van der Waals surface area contributed by atoms with Crippen LogP contribution in [0, 0.1) is 5.92 Å². The van der Waals surface area contributed by atoms with Crippen molar-refractivity contribution in [2.24, 2.45) is 5.92 Å². The van der Waals surface area contributed by atoms with Crippen LogP contribution in [0.25, 0.3) is 11.1 Å². The molecule has 2 aromatic rings. The summed E-state index contributed by atoms with van der Waals surface area (Å²) < 4.78 is 45.4. The lowest BCUT2D eigenvalue weighted by Crippen LogP contribution is -2.65. The molecule has 1 aliphatic carbocycles. The second kappa shape index (κ2) is 9.97. The zero-order chi connectivity index (χ0) is 26.0. The predicted octanol–water partition coefficient (Wildman–Crippen LogP) is 4.46. The number of hydrogen-bond donors (Lipinski definition) is 3. The van der Waals surface area contributed by atoms with Gasteiger partial charge in [-0.2, -0.15) is 13.2 Å². The fourth-order valence-corrected chi connectivity index (χ4v) is 4.06. The van der Waals surface area contributed by atoms with E-state index in [9.17, 15) is 27.6 Å². The van der Waals surface area contributed by atoms with Crippen LogP contribution in [0.3, 0.4) is 0 Å². The zero-order valence-electron chi connectivity index (χ0n) is 19.5. The van der Waals surface area contributed by atoms with Crippen LogP contribution in [0.1, 0.15) is 44.2 Å². The van der Waals surface area contributed by atoms with E-state index in [4.69, 9.17) is 9.84 Å². The molecule has 1 unspecified atom stereocenters. The van der Waals surface area contributed by atoms with E-state index in [1.165, 1.54) is 5.32 Å². The highest BCUT2D eigenvalue weighted by molar-refractivity contribution is 5.91. The molecule has 0 aliphatic heterocycles. The molecule has 0 bridgehead atoms. The monoisotopic (exact) mass is 492 g/mol. The van der Waals surface area contributed by atoms with Crippen molar-refractivity contribution in [1.29, 1.82) is 0 Å². The summed E-state index contributed by atoms with van der Waals surface area (Å²) in [6.07, 6.45) is -6.26. The molecule has 0 spiro atoms. The molecule has 0 heterocycles. The van der Waals surface area contributed by atoms with Gasteiger partial charge >= 0.3 is 18.2 Å². The van der Waals surface area contributed by atoms with Gasteiger partial charge in [-0.15, -0.1) is 0 Å². The van der Waals surface area contributed by atoms with Gasteiger partial charge in [0, 0.05) is 5.92 Å². The summed E-state index contributed by atoms with van der Waals surface area (Å²) in [5, 5.41) is 12.9. The number of aliphatic carboxylic acids is 1. The molecular weight excluding hydrogens is 465 g/mol. The summed E-state index contributed by atoms with van der Waals surface area (Å²) in [6, 6.07) is 13.9. The summed E-state index contributed by atoms with van der Waals surface area (Å²) in [6.45, 7) is 3.72. The maximum atomic E-state index is 13.3. The fraction of sp³-hybridized carbons (Fsp3) is 0.400. The van der Waals surface area contributed by atoms with Crippen LogP contribution >= 0.6 is 0 Å². The Morgan fingerprint density at radius 2 is 1.51 bits per heavy atom. The molecule has 10 heteroatoms. The molecule has 0 aromatic heterocycles. The minimum Gasteiger partial charge on any atom is -0.479 e. The molecule has 0 fully saturated rings. The zero-order valence-corrected chi connectivity index (χ0v) is 19.5. The highest BCUT2D eigenvalue weighted by Gasteiger charge is 2.59. The van der Waals surface area contributed by atoms with Crippen LogP contribution in [0.4, 0.5) is 18.0 Å². The Kier molecular flexibility index (Phi) is 7.42. The Bertz CT molecular complexity index is 1070. The highest BCUT2D eigenvalue weighted by atomic mass is 19.4. The van der Waals surface area contributed by atoms with Gasteiger partial charge in [-0.05, 0) is 41.5 Å². The number of hydrogen-bond acceptors (Lipinski definition) is 4. The van der Waals surface area contributed by atoms with E-state index in [0.717, 1.165) is 22.3 Å². The third kappa shape index (κ3) is 5.41. The number of benzene rings is 2. The first-order chi connectivity index (χ1) is 16.3. The number of alkyl halides is 3. The van der Waals surface area contributed by atoms with Gasteiger partial charge in [0.2, 0.25) is 11.4 Å². The number of carbonyl (C=O) groups excluding carboxylic acids is 2. The third-order valence-corrected chi connectivity index (χ3v) is 6.03. The Labute approximate surface area is 200 Å². The number of rotatable bonds is 8. The molecule has 188 valence electrons. The van der Waals surface area contributed by atoms with Crippen LogP contribution in [0.2, 0.25) is 0 Å². The highest BCUT2D eigenvalue weighted by Crippen LogP contribution is 2.44. The van der Waals surface area contributed by atoms with Crippen molar-refractivity contribution in [3.05, 3.63) is 59.7 Å². The second-order valence-corrected chi connectivity index (χ2v) is 9.07. The summed E-state index contributed by atoms with van der Waals surface area (Å²) >= 11 is 0. The first-order valence-electron chi connectivity index (χ1n) is 11.1. The number of amides is 2. The van der Waals surface area contributed by atoms with Crippen molar-refractivity contribution in [2.45, 2.75) is 50.9 Å². The molecule has 1 aliphatic rings. The van der Waals surface area contributed by atoms with Gasteiger partial charge in [-0.3, -0.25) is 4.79 Å². The number of nitrogens with one attached hydrogen (secondary N) is 2. The number of alkyl carbamates (subject to hydrolysis) is 1. The second-order valence-electron chi connectivity index (χ2n) is 9.07. The lowest BCUT2D eigenvalue weighted by atomic mass is 9.98. The average Bonchev–Trinajstić information content (AvgIpc) is 3.09. The van der Waals surface area contributed by atoms with Crippen molar-refractivity contribution < 1.29 is 37.4 Å². The Morgan fingerprint density at radius 1 is 1.00 bits per heavy atom. The summed E-state index contributed by atoms with van der Waals surface area (Å²) in [5.41, 5.74) is 0.478. The van der Waals surface area contributed by atoms with Crippen LogP contribution < -0.4 is 10.6 Å². The SMILES string of the molecule is CC(C)C[C@@H](NC(=O)OCC1c2ccccc2-c2ccccc21)C(=O)NC(C)(C(=O)O)C(F)(F)F. The van der Waals surface area contributed by atoms with Crippen LogP contribution in [-0.4, -0.2) is 47.4 Å². The fourth-order valence-electron chi connectivity index (χ4n) is 4.06. The van der Waals surface area contributed by atoms with Gasteiger partial charge in [0.25, 0.3) is 0 Å². The van der Waals surface area contributed by atoms with E-state index in [2.05, 4.69) is 5.32 Å². The quantitative estimate of drug-likeness (QED) is 0.505. The molecule has 3 N–H and O–H groups in total. The summed E-state index contributed by atoms with van der Waals surface area (Å²) in [4.78, 5) is 36.5. The Hall–Kier alpha value is -3.56. The van der Waals surface area contributed by atoms with E-state index >= 15 is 0 Å². The molecule has 7 nitrogen and oxygen atoms in total. The molecule has 2 amide bonds. The first-order valence-corrected chi connectivity index (χ1v) is 11.1. The van der Waals surface area contributed by atoms with Gasteiger partial charge in [-0.25, -0.2) is 9.59 Å².